The van der Waals surface area contributed by atoms with Crippen LogP contribution in [-0.4, -0.2) is 40.6 Å². The molecule has 1 amide bonds. The number of halogens is 1. The number of carboxylic acids is 1. The summed E-state index contributed by atoms with van der Waals surface area (Å²) in [7, 11) is 0. The van der Waals surface area contributed by atoms with Gasteiger partial charge in [0.15, 0.2) is 0 Å². The summed E-state index contributed by atoms with van der Waals surface area (Å²) in [4.78, 5) is 25.0. The zero-order valence-electron chi connectivity index (χ0n) is 11.8. The predicted molar refractivity (Wildman–Crippen MR) is 81.2 cm³/mol. The number of likely N-dealkylation sites (tertiary alicyclic amines) is 1. The van der Waals surface area contributed by atoms with Crippen LogP contribution in [0, 0.1) is 0 Å². The molecule has 5 nitrogen and oxygen atoms in total. The van der Waals surface area contributed by atoms with E-state index in [0.29, 0.717) is 18.7 Å². The van der Waals surface area contributed by atoms with Gasteiger partial charge in [0.1, 0.15) is 11.3 Å². The van der Waals surface area contributed by atoms with Crippen molar-refractivity contribution < 1.29 is 19.4 Å². The fraction of sp³-hybridized carbons (Fsp3) is 0.467. The quantitative estimate of drug-likeness (QED) is 0.881. The van der Waals surface area contributed by atoms with E-state index >= 15 is 0 Å². The Morgan fingerprint density at radius 3 is 2.67 bits per heavy atom. The maximum absolute atomic E-state index is 12.2. The van der Waals surface area contributed by atoms with Crippen LogP contribution in [-0.2, 0) is 9.59 Å². The Hall–Kier alpha value is -1.56. The Kier molecular flexibility index (Phi) is 4.88. The fourth-order valence-electron chi connectivity index (χ4n) is 2.51. The molecule has 1 saturated heterocycles. The lowest BCUT2D eigenvalue weighted by Gasteiger charge is -2.31. The molecule has 1 aliphatic rings. The standard InChI is InChI=1S/C15H18BrNO4/c1-15(14(19)20)8-2-9-17(15)13(18)7-10-21-12-5-3-11(16)4-6-12/h3-6H,2,7-10H2,1H3,(H,19,20). The van der Waals surface area contributed by atoms with Gasteiger partial charge in [0, 0.05) is 11.0 Å². The first-order valence-electron chi connectivity index (χ1n) is 6.86. The number of hydrogen-bond donors (Lipinski definition) is 1. The summed E-state index contributed by atoms with van der Waals surface area (Å²) in [5.74, 6) is -0.426. The molecule has 1 aromatic carbocycles. The molecule has 1 aromatic rings. The minimum atomic E-state index is -1.07. The van der Waals surface area contributed by atoms with Gasteiger partial charge < -0.3 is 14.7 Å². The van der Waals surface area contributed by atoms with Crippen molar-refractivity contribution in [3.63, 3.8) is 0 Å². The molecule has 6 heteroatoms. The molecule has 0 radical (unpaired) electrons. The van der Waals surface area contributed by atoms with E-state index in [-0.39, 0.29) is 18.9 Å². The second-order valence-corrected chi connectivity index (χ2v) is 6.20. The highest BCUT2D eigenvalue weighted by molar-refractivity contribution is 9.10. The Balaban J connectivity index is 1.87. The molecule has 1 fully saturated rings. The highest BCUT2D eigenvalue weighted by Crippen LogP contribution is 2.29. The summed E-state index contributed by atoms with van der Waals surface area (Å²) < 4.78 is 6.46. The van der Waals surface area contributed by atoms with Gasteiger partial charge in [0.05, 0.1) is 13.0 Å². The number of nitrogens with zero attached hydrogens (tertiary/aromatic N) is 1. The van der Waals surface area contributed by atoms with Crippen molar-refractivity contribution in [2.75, 3.05) is 13.2 Å². The van der Waals surface area contributed by atoms with Crippen LogP contribution in [0.5, 0.6) is 5.75 Å². The molecule has 0 aromatic heterocycles. The zero-order valence-corrected chi connectivity index (χ0v) is 13.4. The van der Waals surface area contributed by atoms with Crippen molar-refractivity contribution in [1.82, 2.24) is 4.90 Å². The maximum atomic E-state index is 12.2. The van der Waals surface area contributed by atoms with E-state index in [9.17, 15) is 14.7 Å². The van der Waals surface area contributed by atoms with Gasteiger partial charge in [-0.1, -0.05) is 15.9 Å². The van der Waals surface area contributed by atoms with Gasteiger partial charge in [-0.15, -0.1) is 0 Å². The van der Waals surface area contributed by atoms with E-state index in [0.717, 1.165) is 10.9 Å². The molecule has 0 saturated carbocycles. The fourth-order valence-corrected chi connectivity index (χ4v) is 2.77. The average molecular weight is 356 g/mol. The van der Waals surface area contributed by atoms with Crippen LogP contribution in [0.4, 0.5) is 0 Å². The number of ether oxygens (including phenoxy) is 1. The third-order valence-corrected chi connectivity index (χ3v) is 4.33. The monoisotopic (exact) mass is 355 g/mol. The van der Waals surface area contributed by atoms with Gasteiger partial charge in [-0.2, -0.15) is 0 Å². The molecule has 21 heavy (non-hydrogen) atoms. The summed E-state index contributed by atoms with van der Waals surface area (Å²) in [6.45, 7) is 2.35. The number of benzene rings is 1. The van der Waals surface area contributed by atoms with Gasteiger partial charge in [0.25, 0.3) is 0 Å². The molecule has 1 unspecified atom stereocenters. The molecule has 0 bridgehead atoms. The van der Waals surface area contributed by atoms with Crippen LogP contribution in [0.2, 0.25) is 0 Å². The molecule has 1 aliphatic heterocycles. The Morgan fingerprint density at radius 1 is 1.38 bits per heavy atom. The summed E-state index contributed by atoms with van der Waals surface area (Å²) in [5, 5.41) is 9.29. The minimum absolute atomic E-state index is 0.172. The van der Waals surface area contributed by atoms with Crippen LogP contribution in [0.3, 0.4) is 0 Å². The van der Waals surface area contributed by atoms with Crippen molar-refractivity contribution in [1.29, 1.82) is 0 Å². The second kappa shape index (κ2) is 6.47. The summed E-state index contributed by atoms with van der Waals surface area (Å²) in [6.07, 6.45) is 1.41. The van der Waals surface area contributed by atoms with Gasteiger partial charge in [-0.3, -0.25) is 4.79 Å². The van der Waals surface area contributed by atoms with E-state index in [1.807, 2.05) is 24.3 Å². The smallest absolute Gasteiger partial charge is 0.329 e. The molecular formula is C15H18BrNO4. The lowest BCUT2D eigenvalue weighted by Crippen LogP contribution is -2.51. The maximum Gasteiger partial charge on any atom is 0.329 e. The van der Waals surface area contributed by atoms with Gasteiger partial charge in [-0.25, -0.2) is 4.79 Å². The lowest BCUT2D eigenvalue weighted by molar-refractivity contribution is -0.155. The highest BCUT2D eigenvalue weighted by atomic mass is 79.9. The Labute approximate surface area is 132 Å². The number of rotatable bonds is 5. The molecule has 1 heterocycles. The molecular weight excluding hydrogens is 338 g/mol. The SMILES string of the molecule is CC1(C(=O)O)CCCN1C(=O)CCOc1ccc(Br)cc1. The summed E-state index contributed by atoms with van der Waals surface area (Å²) >= 11 is 3.34. The average Bonchev–Trinajstić information content (AvgIpc) is 2.84. The molecule has 114 valence electrons. The number of aliphatic carboxylic acids is 1. The normalized spacial score (nSPS) is 21.3. The lowest BCUT2D eigenvalue weighted by atomic mass is 9.99. The number of carboxylic acid groups (broad SMARTS) is 1. The number of carbonyl (C=O) groups is 2. The van der Waals surface area contributed by atoms with E-state index < -0.39 is 11.5 Å². The van der Waals surface area contributed by atoms with Crippen LogP contribution < -0.4 is 4.74 Å². The molecule has 2 rings (SSSR count). The Morgan fingerprint density at radius 2 is 2.05 bits per heavy atom. The van der Waals surface area contributed by atoms with Gasteiger partial charge in [0.2, 0.25) is 5.91 Å². The molecule has 1 N–H and O–H groups in total. The van der Waals surface area contributed by atoms with Crippen molar-refractivity contribution >= 4 is 27.8 Å². The summed E-state index contributed by atoms with van der Waals surface area (Å²) in [5.41, 5.74) is -1.07. The molecule has 1 atom stereocenters. The minimum Gasteiger partial charge on any atom is -0.493 e. The molecule has 0 spiro atoms. The van der Waals surface area contributed by atoms with Crippen LogP contribution in [0.1, 0.15) is 26.2 Å². The first-order chi connectivity index (χ1) is 9.93. The summed E-state index contributed by atoms with van der Waals surface area (Å²) in [6, 6.07) is 7.34. The van der Waals surface area contributed by atoms with Gasteiger partial charge >= 0.3 is 5.97 Å². The van der Waals surface area contributed by atoms with E-state index in [1.54, 1.807) is 6.92 Å². The van der Waals surface area contributed by atoms with Crippen molar-refractivity contribution in [2.45, 2.75) is 31.7 Å². The van der Waals surface area contributed by atoms with Crippen molar-refractivity contribution in [2.24, 2.45) is 0 Å². The van der Waals surface area contributed by atoms with Crippen LogP contribution in [0.25, 0.3) is 0 Å². The number of hydrogen-bond acceptors (Lipinski definition) is 3. The van der Waals surface area contributed by atoms with E-state index in [4.69, 9.17) is 4.74 Å². The number of amides is 1. The van der Waals surface area contributed by atoms with Crippen LogP contribution >= 0.6 is 15.9 Å². The van der Waals surface area contributed by atoms with E-state index in [2.05, 4.69) is 15.9 Å². The molecule has 0 aliphatic carbocycles. The third kappa shape index (κ3) is 3.56. The first-order valence-corrected chi connectivity index (χ1v) is 7.65. The van der Waals surface area contributed by atoms with Crippen LogP contribution in [0.15, 0.2) is 28.7 Å². The highest BCUT2D eigenvalue weighted by Gasteiger charge is 2.45. The largest absolute Gasteiger partial charge is 0.493 e. The zero-order chi connectivity index (χ0) is 15.5. The Bertz CT molecular complexity index is 531. The predicted octanol–water partition coefficient (Wildman–Crippen LogP) is 2.68. The van der Waals surface area contributed by atoms with Crippen molar-refractivity contribution in [3.8, 4) is 5.75 Å². The number of carbonyl (C=O) groups excluding carboxylic acids is 1. The first kappa shape index (κ1) is 15.8. The third-order valence-electron chi connectivity index (χ3n) is 3.80. The van der Waals surface area contributed by atoms with E-state index in [1.165, 1.54) is 4.90 Å². The van der Waals surface area contributed by atoms with Gasteiger partial charge in [-0.05, 0) is 44.0 Å². The van der Waals surface area contributed by atoms with Crippen molar-refractivity contribution in [3.05, 3.63) is 28.7 Å². The topological polar surface area (TPSA) is 66.8 Å². The second-order valence-electron chi connectivity index (χ2n) is 5.28.